The first-order valence-electron chi connectivity index (χ1n) is 7.38. The van der Waals surface area contributed by atoms with Gasteiger partial charge < -0.3 is 14.8 Å². The molecule has 2 rings (SSSR count). The number of nitrogens with one attached hydrogen (secondary N) is 1. The van der Waals surface area contributed by atoms with Crippen molar-refractivity contribution in [3.05, 3.63) is 23.7 Å². The quantitative estimate of drug-likeness (QED) is 0.810. The number of furan rings is 1. The van der Waals surface area contributed by atoms with Crippen LogP contribution in [0.25, 0.3) is 0 Å². The highest BCUT2D eigenvalue weighted by Gasteiger charge is 2.36. The molecule has 0 spiro atoms. The van der Waals surface area contributed by atoms with Gasteiger partial charge in [0.05, 0.1) is 6.42 Å². The van der Waals surface area contributed by atoms with Gasteiger partial charge in [0.2, 0.25) is 5.91 Å². The number of carbonyl (C=O) groups is 2. The van der Waals surface area contributed by atoms with Crippen LogP contribution in [0.15, 0.2) is 16.5 Å². The monoisotopic (exact) mass is 293 g/mol. The first-order valence-corrected chi connectivity index (χ1v) is 7.38. The highest BCUT2D eigenvalue weighted by molar-refractivity contribution is 5.78. The van der Waals surface area contributed by atoms with Crippen LogP contribution in [0, 0.1) is 5.92 Å². The van der Waals surface area contributed by atoms with Crippen molar-refractivity contribution in [2.45, 2.75) is 57.9 Å². The third-order valence-corrected chi connectivity index (χ3v) is 3.83. The van der Waals surface area contributed by atoms with Gasteiger partial charge in [-0.3, -0.25) is 9.59 Å². The SMILES string of the molecule is CC1CC1c1ccc(CCC(=O)NC(C)(C)CC(=O)O)o1. The molecule has 0 bridgehead atoms. The average Bonchev–Trinajstić information content (AvgIpc) is 2.88. The van der Waals surface area contributed by atoms with Crippen LogP contribution in [-0.2, 0) is 16.0 Å². The van der Waals surface area contributed by atoms with Crippen LogP contribution in [0.5, 0.6) is 0 Å². The van der Waals surface area contributed by atoms with Crippen LogP contribution in [0.2, 0.25) is 0 Å². The summed E-state index contributed by atoms with van der Waals surface area (Å²) in [5.74, 6) is 2.00. The summed E-state index contributed by atoms with van der Waals surface area (Å²) in [6.45, 7) is 5.61. The minimum absolute atomic E-state index is 0.0940. The van der Waals surface area contributed by atoms with E-state index in [4.69, 9.17) is 9.52 Å². The zero-order chi connectivity index (χ0) is 15.6. The van der Waals surface area contributed by atoms with Crippen LogP contribution in [-0.4, -0.2) is 22.5 Å². The van der Waals surface area contributed by atoms with Gasteiger partial charge in [-0.15, -0.1) is 0 Å². The fourth-order valence-electron chi connectivity index (χ4n) is 2.55. The molecule has 21 heavy (non-hydrogen) atoms. The topological polar surface area (TPSA) is 79.5 Å². The smallest absolute Gasteiger partial charge is 0.305 e. The van der Waals surface area contributed by atoms with Gasteiger partial charge in [-0.1, -0.05) is 6.92 Å². The summed E-state index contributed by atoms with van der Waals surface area (Å²) >= 11 is 0. The maximum atomic E-state index is 11.9. The molecule has 1 fully saturated rings. The lowest BCUT2D eigenvalue weighted by atomic mass is 10.0. The van der Waals surface area contributed by atoms with Gasteiger partial charge in [0.1, 0.15) is 11.5 Å². The number of aliphatic carboxylic acids is 1. The highest BCUT2D eigenvalue weighted by Crippen LogP contribution is 2.47. The molecule has 1 aliphatic rings. The van der Waals surface area contributed by atoms with Gasteiger partial charge in [-0.25, -0.2) is 0 Å². The third kappa shape index (κ3) is 4.62. The van der Waals surface area contributed by atoms with Crippen molar-refractivity contribution in [1.29, 1.82) is 0 Å². The van der Waals surface area contributed by atoms with Crippen molar-refractivity contribution in [2.75, 3.05) is 0 Å². The molecule has 2 N–H and O–H groups in total. The second kappa shape index (κ2) is 5.92. The molecule has 0 radical (unpaired) electrons. The normalized spacial score (nSPS) is 21.1. The maximum Gasteiger partial charge on any atom is 0.305 e. The number of hydrogen-bond acceptors (Lipinski definition) is 3. The summed E-state index contributed by atoms with van der Waals surface area (Å²) in [5.41, 5.74) is -0.735. The van der Waals surface area contributed by atoms with Crippen molar-refractivity contribution in [3.63, 3.8) is 0 Å². The summed E-state index contributed by atoms with van der Waals surface area (Å²) in [7, 11) is 0. The molecule has 1 aromatic rings. The molecule has 1 aliphatic carbocycles. The molecule has 2 unspecified atom stereocenters. The van der Waals surface area contributed by atoms with E-state index in [9.17, 15) is 9.59 Å². The fraction of sp³-hybridized carbons (Fsp3) is 0.625. The van der Waals surface area contributed by atoms with E-state index in [0.29, 0.717) is 24.7 Å². The lowest BCUT2D eigenvalue weighted by molar-refractivity contribution is -0.138. The number of carboxylic acid groups (broad SMARTS) is 1. The van der Waals surface area contributed by atoms with Gasteiger partial charge in [-0.2, -0.15) is 0 Å². The van der Waals surface area contributed by atoms with E-state index in [-0.39, 0.29) is 12.3 Å². The average molecular weight is 293 g/mol. The van der Waals surface area contributed by atoms with E-state index in [1.54, 1.807) is 13.8 Å². The number of hydrogen-bond donors (Lipinski definition) is 2. The van der Waals surface area contributed by atoms with E-state index in [1.807, 2.05) is 12.1 Å². The van der Waals surface area contributed by atoms with E-state index in [2.05, 4.69) is 12.2 Å². The number of aryl methyl sites for hydroxylation is 1. The Morgan fingerprint density at radius 1 is 1.43 bits per heavy atom. The van der Waals surface area contributed by atoms with Crippen LogP contribution >= 0.6 is 0 Å². The van der Waals surface area contributed by atoms with E-state index in [0.717, 1.165) is 11.5 Å². The molecule has 1 aromatic heterocycles. The van der Waals surface area contributed by atoms with Gasteiger partial charge >= 0.3 is 5.97 Å². The minimum Gasteiger partial charge on any atom is -0.481 e. The van der Waals surface area contributed by atoms with Gasteiger partial charge in [-0.05, 0) is 38.3 Å². The van der Waals surface area contributed by atoms with Crippen molar-refractivity contribution >= 4 is 11.9 Å². The predicted octanol–water partition coefficient (Wildman–Crippen LogP) is 2.71. The highest BCUT2D eigenvalue weighted by atomic mass is 16.4. The third-order valence-electron chi connectivity index (χ3n) is 3.83. The van der Waals surface area contributed by atoms with Crippen LogP contribution in [0.1, 0.15) is 57.5 Å². The Kier molecular flexibility index (Phi) is 4.40. The summed E-state index contributed by atoms with van der Waals surface area (Å²) in [6, 6.07) is 3.92. The molecule has 0 aromatic carbocycles. The Hall–Kier alpha value is -1.78. The molecule has 1 heterocycles. The Balaban J connectivity index is 1.78. The number of carbonyl (C=O) groups excluding carboxylic acids is 1. The first kappa shape index (κ1) is 15.6. The van der Waals surface area contributed by atoms with Crippen LogP contribution < -0.4 is 5.32 Å². The van der Waals surface area contributed by atoms with Crippen molar-refractivity contribution < 1.29 is 19.1 Å². The number of amides is 1. The molecule has 5 nitrogen and oxygen atoms in total. The molecule has 0 aliphatic heterocycles. The summed E-state index contributed by atoms with van der Waals surface area (Å²) in [4.78, 5) is 22.6. The lowest BCUT2D eigenvalue weighted by Gasteiger charge is -2.24. The predicted molar refractivity (Wildman–Crippen MR) is 78.0 cm³/mol. The van der Waals surface area contributed by atoms with Crippen molar-refractivity contribution in [2.24, 2.45) is 5.92 Å². The molecular formula is C16H23NO4. The number of rotatable bonds is 7. The summed E-state index contributed by atoms with van der Waals surface area (Å²) in [6.07, 6.45) is 1.92. The second-order valence-electron chi connectivity index (χ2n) is 6.63. The Morgan fingerprint density at radius 2 is 2.10 bits per heavy atom. The molecule has 116 valence electrons. The first-order chi connectivity index (χ1) is 9.77. The van der Waals surface area contributed by atoms with Crippen molar-refractivity contribution in [3.8, 4) is 0 Å². The maximum absolute atomic E-state index is 11.9. The number of carboxylic acids is 1. The Labute approximate surface area is 124 Å². The zero-order valence-electron chi connectivity index (χ0n) is 12.8. The largest absolute Gasteiger partial charge is 0.481 e. The van der Waals surface area contributed by atoms with E-state index >= 15 is 0 Å². The van der Waals surface area contributed by atoms with Crippen LogP contribution in [0.3, 0.4) is 0 Å². The summed E-state index contributed by atoms with van der Waals surface area (Å²) < 4.78 is 5.75. The van der Waals surface area contributed by atoms with E-state index in [1.165, 1.54) is 6.42 Å². The fourth-order valence-corrected chi connectivity index (χ4v) is 2.55. The van der Waals surface area contributed by atoms with Crippen LogP contribution in [0.4, 0.5) is 0 Å². The van der Waals surface area contributed by atoms with Gasteiger partial charge in [0, 0.05) is 24.3 Å². The van der Waals surface area contributed by atoms with Crippen molar-refractivity contribution in [1.82, 2.24) is 5.32 Å². The van der Waals surface area contributed by atoms with Gasteiger partial charge in [0.25, 0.3) is 0 Å². The Morgan fingerprint density at radius 3 is 2.67 bits per heavy atom. The van der Waals surface area contributed by atoms with E-state index < -0.39 is 11.5 Å². The molecule has 5 heteroatoms. The molecule has 1 saturated carbocycles. The molecular weight excluding hydrogens is 270 g/mol. The Bertz CT molecular complexity index is 532. The molecule has 0 saturated heterocycles. The zero-order valence-corrected chi connectivity index (χ0v) is 12.8. The second-order valence-corrected chi connectivity index (χ2v) is 6.63. The standard InChI is InChI=1S/C16H23NO4/c1-10-8-12(10)13-6-4-11(21-13)5-7-14(18)17-16(2,3)9-15(19)20/h4,6,10,12H,5,7-9H2,1-3H3,(H,17,18)(H,19,20). The summed E-state index contributed by atoms with van der Waals surface area (Å²) in [5, 5.41) is 11.5. The molecule has 1 amide bonds. The lowest BCUT2D eigenvalue weighted by Crippen LogP contribution is -2.45. The minimum atomic E-state index is -0.922. The van der Waals surface area contributed by atoms with Gasteiger partial charge in [0.15, 0.2) is 0 Å². The molecule has 2 atom stereocenters.